The van der Waals surface area contributed by atoms with Gasteiger partial charge in [0.15, 0.2) is 0 Å². The van der Waals surface area contributed by atoms with Crippen LogP contribution in [0, 0.1) is 6.92 Å². The summed E-state index contributed by atoms with van der Waals surface area (Å²) in [5, 5.41) is 19.1. The van der Waals surface area contributed by atoms with E-state index >= 15 is 0 Å². The molecule has 0 aromatic heterocycles. The molecule has 2 atom stereocenters. The van der Waals surface area contributed by atoms with Gasteiger partial charge in [-0.05, 0) is 31.9 Å². The van der Waals surface area contributed by atoms with Gasteiger partial charge >= 0.3 is 0 Å². The molecule has 0 bridgehead atoms. The number of rotatable bonds is 7. The smallest absolute Gasteiger partial charge is 0.125 e. The number of hydrogen-bond donors (Lipinski definition) is 3. The SMILES string of the molecule is CCCOc1ccc(C)cc1C(O)C(N)CCO. The maximum Gasteiger partial charge on any atom is 0.125 e. The van der Waals surface area contributed by atoms with Gasteiger partial charge in [-0.15, -0.1) is 0 Å². The predicted octanol–water partition coefficient (Wildman–Crippen LogP) is 1.53. The fourth-order valence-electron chi connectivity index (χ4n) is 1.78. The lowest BCUT2D eigenvalue weighted by Gasteiger charge is -2.21. The zero-order valence-corrected chi connectivity index (χ0v) is 11.1. The van der Waals surface area contributed by atoms with Gasteiger partial charge < -0.3 is 20.7 Å². The first-order chi connectivity index (χ1) is 8.60. The van der Waals surface area contributed by atoms with Crippen molar-refractivity contribution in [1.82, 2.24) is 0 Å². The first-order valence-corrected chi connectivity index (χ1v) is 6.38. The van der Waals surface area contributed by atoms with Gasteiger partial charge in [0.1, 0.15) is 5.75 Å². The third kappa shape index (κ3) is 3.98. The topological polar surface area (TPSA) is 75.7 Å². The molecule has 0 aliphatic carbocycles. The van der Waals surface area contributed by atoms with Gasteiger partial charge in [0, 0.05) is 18.2 Å². The summed E-state index contributed by atoms with van der Waals surface area (Å²) in [7, 11) is 0. The summed E-state index contributed by atoms with van der Waals surface area (Å²) in [6.45, 7) is 4.56. The van der Waals surface area contributed by atoms with Crippen molar-refractivity contribution >= 4 is 0 Å². The highest BCUT2D eigenvalue weighted by molar-refractivity contribution is 5.39. The van der Waals surface area contributed by atoms with Crippen LogP contribution < -0.4 is 10.5 Å². The molecular weight excluding hydrogens is 230 g/mol. The lowest BCUT2D eigenvalue weighted by Crippen LogP contribution is -2.29. The minimum atomic E-state index is -0.816. The van der Waals surface area contributed by atoms with Crippen molar-refractivity contribution in [2.45, 2.75) is 38.8 Å². The van der Waals surface area contributed by atoms with Crippen molar-refractivity contribution in [1.29, 1.82) is 0 Å². The zero-order valence-electron chi connectivity index (χ0n) is 11.1. The van der Waals surface area contributed by atoms with E-state index in [2.05, 4.69) is 0 Å². The quantitative estimate of drug-likeness (QED) is 0.689. The normalized spacial score (nSPS) is 14.3. The van der Waals surface area contributed by atoms with Crippen molar-refractivity contribution in [3.05, 3.63) is 29.3 Å². The van der Waals surface area contributed by atoms with Crippen molar-refractivity contribution in [3.63, 3.8) is 0 Å². The molecule has 1 aromatic carbocycles. The van der Waals surface area contributed by atoms with E-state index in [1.807, 2.05) is 32.0 Å². The minimum Gasteiger partial charge on any atom is -0.493 e. The third-order valence-corrected chi connectivity index (χ3v) is 2.81. The van der Waals surface area contributed by atoms with Crippen molar-refractivity contribution in [2.75, 3.05) is 13.2 Å². The molecular formula is C14H23NO3. The monoisotopic (exact) mass is 253 g/mol. The molecule has 0 fully saturated rings. The van der Waals surface area contributed by atoms with Gasteiger partial charge in [-0.1, -0.05) is 18.6 Å². The van der Waals surface area contributed by atoms with Crippen molar-refractivity contribution in [2.24, 2.45) is 5.73 Å². The summed E-state index contributed by atoms with van der Waals surface area (Å²) in [5.74, 6) is 0.670. The maximum atomic E-state index is 10.2. The van der Waals surface area contributed by atoms with E-state index in [0.29, 0.717) is 24.3 Å². The second-order valence-corrected chi connectivity index (χ2v) is 4.51. The van der Waals surface area contributed by atoms with Crippen LogP contribution in [0.1, 0.15) is 37.0 Å². The first kappa shape index (κ1) is 15.0. The molecule has 18 heavy (non-hydrogen) atoms. The van der Waals surface area contributed by atoms with E-state index in [1.54, 1.807) is 0 Å². The van der Waals surface area contributed by atoms with Gasteiger partial charge in [0.25, 0.3) is 0 Å². The summed E-state index contributed by atoms with van der Waals surface area (Å²) < 4.78 is 5.61. The van der Waals surface area contributed by atoms with Crippen LogP contribution in [-0.4, -0.2) is 29.5 Å². The van der Waals surface area contributed by atoms with E-state index in [1.165, 1.54) is 0 Å². The molecule has 4 nitrogen and oxygen atoms in total. The Morgan fingerprint density at radius 1 is 1.39 bits per heavy atom. The van der Waals surface area contributed by atoms with Crippen LogP contribution in [-0.2, 0) is 0 Å². The van der Waals surface area contributed by atoms with Crippen molar-refractivity contribution < 1.29 is 14.9 Å². The summed E-state index contributed by atoms with van der Waals surface area (Å²) in [6, 6.07) is 5.20. The Hall–Kier alpha value is -1.10. The number of aryl methyl sites for hydroxylation is 1. The average Bonchev–Trinajstić information content (AvgIpc) is 2.36. The van der Waals surface area contributed by atoms with Gasteiger partial charge in [0.05, 0.1) is 12.7 Å². The molecule has 0 amide bonds. The molecule has 0 saturated heterocycles. The summed E-state index contributed by atoms with van der Waals surface area (Å²) in [5.41, 5.74) is 7.59. The Morgan fingerprint density at radius 3 is 2.72 bits per heavy atom. The fourth-order valence-corrected chi connectivity index (χ4v) is 1.78. The highest BCUT2D eigenvalue weighted by Gasteiger charge is 2.20. The molecule has 102 valence electrons. The second-order valence-electron chi connectivity index (χ2n) is 4.51. The Balaban J connectivity index is 2.92. The number of aliphatic hydroxyl groups is 2. The summed E-state index contributed by atoms with van der Waals surface area (Å²) in [6.07, 6.45) is 0.456. The number of aliphatic hydroxyl groups excluding tert-OH is 2. The molecule has 0 heterocycles. The summed E-state index contributed by atoms with van der Waals surface area (Å²) >= 11 is 0. The number of nitrogens with two attached hydrogens (primary N) is 1. The molecule has 0 radical (unpaired) electrons. The summed E-state index contributed by atoms with van der Waals surface area (Å²) in [4.78, 5) is 0. The van der Waals surface area contributed by atoms with E-state index in [9.17, 15) is 5.11 Å². The molecule has 1 aromatic rings. The van der Waals surface area contributed by atoms with Crippen LogP contribution in [0.15, 0.2) is 18.2 Å². The van der Waals surface area contributed by atoms with Crippen LogP contribution in [0.3, 0.4) is 0 Å². The third-order valence-electron chi connectivity index (χ3n) is 2.81. The Morgan fingerprint density at radius 2 is 2.11 bits per heavy atom. The average molecular weight is 253 g/mol. The Labute approximate surface area is 108 Å². The standard InChI is InChI=1S/C14H23NO3/c1-3-8-18-13-5-4-10(2)9-11(13)14(17)12(15)6-7-16/h4-5,9,12,14,16-17H,3,6-8,15H2,1-2H3. The van der Waals surface area contributed by atoms with Crippen LogP contribution in [0.5, 0.6) is 5.75 Å². The molecule has 0 saturated carbocycles. The molecule has 0 aliphatic heterocycles. The van der Waals surface area contributed by atoms with Crippen molar-refractivity contribution in [3.8, 4) is 5.75 Å². The Kier molecular flexibility index (Phi) is 6.12. The maximum absolute atomic E-state index is 10.2. The van der Waals surface area contributed by atoms with Crippen LogP contribution >= 0.6 is 0 Å². The highest BCUT2D eigenvalue weighted by atomic mass is 16.5. The predicted molar refractivity (Wildman–Crippen MR) is 71.6 cm³/mol. The van der Waals surface area contributed by atoms with Crippen LogP contribution in [0.4, 0.5) is 0 Å². The molecule has 2 unspecified atom stereocenters. The second kappa shape index (κ2) is 7.36. The number of ether oxygens (including phenoxy) is 1. The van der Waals surface area contributed by atoms with E-state index in [0.717, 1.165) is 12.0 Å². The molecule has 1 rings (SSSR count). The van der Waals surface area contributed by atoms with Gasteiger partial charge in [0.2, 0.25) is 0 Å². The zero-order chi connectivity index (χ0) is 13.5. The molecule has 4 N–H and O–H groups in total. The van der Waals surface area contributed by atoms with Gasteiger partial charge in [-0.3, -0.25) is 0 Å². The molecule has 0 spiro atoms. The number of benzene rings is 1. The highest BCUT2D eigenvalue weighted by Crippen LogP contribution is 2.29. The Bertz CT molecular complexity index is 368. The largest absolute Gasteiger partial charge is 0.493 e. The van der Waals surface area contributed by atoms with Crippen LogP contribution in [0.25, 0.3) is 0 Å². The lowest BCUT2D eigenvalue weighted by atomic mass is 9.98. The van der Waals surface area contributed by atoms with Gasteiger partial charge in [-0.25, -0.2) is 0 Å². The molecule has 0 aliphatic rings. The van der Waals surface area contributed by atoms with E-state index in [-0.39, 0.29) is 6.61 Å². The molecule has 4 heteroatoms. The van der Waals surface area contributed by atoms with Crippen LogP contribution in [0.2, 0.25) is 0 Å². The fraction of sp³-hybridized carbons (Fsp3) is 0.571. The van der Waals surface area contributed by atoms with E-state index in [4.69, 9.17) is 15.6 Å². The first-order valence-electron chi connectivity index (χ1n) is 6.38. The van der Waals surface area contributed by atoms with Gasteiger partial charge in [-0.2, -0.15) is 0 Å². The number of hydrogen-bond acceptors (Lipinski definition) is 4. The lowest BCUT2D eigenvalue weighted by molar-refractivity contribution is 0.125. The van der Waals surface area contributed by atoms with E-state index < -0.39 is 12.1 Å². The minimum absolute atomic E-state index is 0.0325.